The largest absolute Gasteiger partial charge is 0.480 e. The lowest BCUT2D eigenvalue weighted by atomic mass is 9.94. The number of carbonyl (C=O) groups excluding carboxylic acids is 1. The van der Waals surface area contributed by atoms with E-state index in [2.05, 4.69) is 4.98 Å². The van der Waals surface area contributed by atoms with Crippen molar-refractivity contribution in [2.24, 2.45) is 0 Å². The first kappa shape index (κ1) is 12.8. The normalized spacial score (nSPS) is 17.6. The molecular weight excluding hydrogens is 276 g/mol. The molecular formula is C14H12N2O3S. The number of thiazole rings is 1. The summed E-state index contributed by atoms with van der Waals surface area (Å²) in [4.78, 5) is 29.6. The maximum atomic E-state index is 12.4. The Bertz CT molecular complexity index is 654. The molecule has 1 atom stereocenters. The van der Waals surface area contributed by atoms with E-state index in [0.29, 0.717) is 17.8 Å². The van der Waals surface area contributed by atoms with Gasteiger partial charge in [-0.15, -0.1) is 11.3 Å². The molecule has 0 bridgehead atoms. The van der Waals surface area contributed by atoms with Crippen LogP contribution in [-0.4, -0.2) is 32.9 Å². The smallest absolute Gasteiger partial charge is 0.326 e. The summed E-state index contributed by atoms with van der Waals surface area (Å²) < 4.78 is 0. The van der Waals surface area contributed by atoms with E-state index in [4.69, 9.17) is 0 Å². The maximum Gasteiger partial charge on any atom is 0.326 e. The predicted octanol–water partition coefficient (Wildman–Crippen LogP) is 1.79. The third-order valence-electron chi connectivity index (χ3n) is 3.44. The summed E-state index contributed by atoms with van der Waals surface area (Å²) in [6.45, 7) is 0.323. The van der Waals surface area contributed by atoms with Crippen molar-refractivity contribution in [3.63, 3.8) is 0 Å². The first-order valence-corrected chi connectivity index (χ1v) is 7.04. The van der Waals surface area contributed by atoms with Crippen LogP contribution >= 0.6 is 11.3 Å². The summed E-state index contributed by atoms with van der Waals surface area (Å²) in [5.74, 6) is -1.24. The minimum Gasteiger partial charge on any atom is -0.480 e. The number of aliphatic carboxylic acids is 1. The van der Waals surface area contributed by atoms with Crippen molar-refractivity contribution < 1.29 is 14.7 Å². The van der Waals surface area contributed by atoms with Gasteiger partial charge < -0.3 is 10.0 Å². The topological polar surface area (TPSA) is 70.5 Å². The van der Waals surface area contributed by atoms with Gasteiger partial charge >= 0.3 is 5.97 Å². The van der Waals surface area contributed by atoms with Crippen molar-refractivity contribution in [3.05, 3.63) is 52.0 Å². The standard InChI is InChI=1S/C14H12N2O3S/c17-13(12-6-15-8-20-12)16-7-10-4-2-1-3-9(10)5-11(16)14(18)19/h1-4,6,8,11H,5,7H2,(H,18,19). The van der Waals surface area contributed by atoms with E-state index in [1.54, 1.807) is 5.51 Å². The van der Waals surface area contributed by atoms with Gasteiger partial charge in [0.1, 0.15) is 10.9 Å². The van der Waals surface area contributed by atoms with Gasteiger partial charge in [-0.2, -0.15) is 0 Å². The van der Waals surface area contributed by atoms with Gasteiger partial charge in [-0.05, 0) is 11.1 Å². The van der Waals surface area contributed by atoms with Gasteiger partial charge in [0.2, 0.25) is 0 Å². The second-order valence-corrected chi connectivity index (χ2v) is 5.51. The van der Waals surface area contributed by atoms with Gasteiger partial charge in [-0.1, -0.05) is 24.3 Å². The molecule has 0 saturated carbocycles. The zero-order chi connectivity index (χ0) is 14.1. The second-order valence-electron chi connectivity index (χ2n) is 4.63. The van der Waals surface area contributed by atoms with Crippen LogP contribution < -0.4 is 0 Å². The van der Waals surface area contributed by atoms with E-state index in [9.17, 15) is 14.7 Å². The van der Waals surface area contributed by atoms with Crippen molar-refractivity contribution >= 4 is 23.2 Å². The molecule has 3 rings (SSSR count). The molecule has 0 fully saturated rings. The Morgan fingerprint density at radius 3 is 2.70 bits per heavy atom. The third kappa shape index (κ3) is 2.18. The van der Waals surface area contributed by atoms with Crippen LogP contribution in [0.25, 0.3) is 0 Å². The lowest BCUT2D eigenvalue weighted by molar-refractivity contribution is -0.142. The molecule has 1 aliphatic rings. The molecule has 2 heterocycles. The van der Waals surface area contributed by atoms with Crippen LogP contribution in [0, 0.1) is 0 Å². The third-order valence-corrected chi connectivity index (χ3v) is 4.20. The number of fused-ring (bicyclic) bond motifs is 1. The monoisotopic (exact) mass is 288 g/mol. The fourth-order valence-corrected chi connectivity index (χ4v) is 3.00. The molecule has 0 saturated heterocycles. The predicted molar refractivity (Wildman–Crippen MR) is 73.6 cm³/mol. The lowest BCUT2D eigenvalue weighted by Crippen LogP contribution is -2.48. The molecule has 1 aromatic carbocycles. The number of benzene rings is 1. The van der Waals surface area contributed by atoms with Crippen LogP contribution in [0.1, 0.15) is 20.8 Å². The highest BCUT2D eigenvalue weighted by atomic mass is 32.1. The van der Waals surface area contributed by atoms with Gasteiger partial charge in [-0.25, -0.2) is 4.79 Å². The summed E-state index contributed by atoms with van der Waals surface area (Å²) >= 11 is 1.22. The Labute approximate surface area is 119 Å². The van der Waals surface area contributed by atoms with Crippen LogP contribution in [0.15, 0.2) is 36.0 Å². The number of hydrogen-bond acceptors (Lipinski definition) is 4. The number of hydrogen-bond donors (Lipinski definition) is 1. The van der Waals surface area contributed by atoms with E-state index in [1.165, 1.54) is 22.4 Å². The molecule has 0 radical (unpaired) electrons. The number of aromatic nitrogens is 1. The van der Waals surface area contributed by atoms with Gasteiger partial charge in [0.05, 0.1) is 11.7 Å². The fraction of sp³-hybridized carbons (Fsp3) is 0.214. The Morgan fingerprint density at radius 1 is 1.30 bits per heavy atom. The quantitative estimate of drug-likeness (QED) is 0.914. The number of nitrogens with zero attached hydrogens (tertiary/aromatic N) is 2. The minimum atomic E-state index is -0.975. The van der Waals surface area contributed by atoms with Crippen molar-refractivity contribution in [1.29, 1.82) is 0 Å². The van der Waals surface area contributed by atoms with E-state index in [1.807, 2.05) is 24.3 Å². The summed E-state index contributed by atoms with van der Waals surface area (Å²) in [7, 11) is 0. The van der Waals surface area contributed by atoms with Crippen LogP contribution in [0.5, 0.6) is 0 Å². The first-order chi connectivity index (χ1) is 9.66. The molecule has 6 heteroatoms. The van der Waals surface area contributed by atoms with Gasteiger partial charge in [-0.3, -0.25) is 9.78 Å². The molecule has 20 heavy (non-hydrogen) atoms. The number of rotatable bonds is 2. The average Bonchev–Trinajstić information content (AvgIpc) is 2.99. The van der Waals surface area contributed by atoms with Crippen LogP contribution in [0.3, 0.4) is 0 Å². The highest BCUT2D eigenvalue weighted by molar-refractivity contribution is 7.11. The van der Waals surface area contributed by atoms with E-state index in [-0.39, 0.29) is 5.91 Å². The van der Waals surface area contributed by atoms with Gasteiger partial charge in [0, 0.05) is 13.0 Å². The Balaban J connectivity index is 1.96. The summed E-state index contributed by atoms with van der Waals surface area (Å²) in [5.41, 5.74) is 3.57. The van der Waals surface area contributed by atoms with Crippen LogP contribution in [-0.2, 0) is 17.8 Å². The second kappa shape index (κ2) is 5.05. The van der Waals surface area contributed by atoms with Crippen molar-refractivity contribution in [2.75, 3.05) is 0 Å². The molecule has 1 aliphatic heterocycles. The summed E-state index contributed by atoms with van der Waals surface area (Å²) in [5, 5.41) is 9.37. The molecule has 102 valence electrons. The number of carbonyl (C=O) groups is 2. The number of amides is 1. The van der Waals surface area contributed by atoms with E-state index >= 15 is 0 Å². The summed E-state index contributed by atoms with van der Waals surface area (Å²) in [6, 6.07) is 6.81. The molecule has 1 N–H and O–H groups in total. The highest BCUT2D eigenvalue weighted by Crippen LogP contribution is 2.25. The van der Waals surface area contributed by atoms with E-state index in [0.717, 1.165) is 11.1 Å². The Kier molecular flexibility index (Phi) is 3.23. The Morgan fingerprint density at radius 2 is 2.05 bits per heavy atom. The number of carboxylic acids is 1. The molecule has 2 aromatic rings. The molecule has 1 amide bonds. The zero-order valence-electron chi connectivity index (χ0n) is 10.5. The van der Waals surface area contributed by atoms with E-state index < -0.39 is 12.0 Å². The van der Waals surface area contributed by atoms with Crippen molar-refractivity contribution in [1.82, 2.24) is 9.88 Å². The van der Waals surface area contributed by atoms with Gasteiger partial charge in [0.15, 0.2) is 0 Å². The maximum absolute atomic E-state index is 12.4. The zero-order valence-corrected chi connectivity index (χ0v) is 11.3. The Hall–Kier alpha value is -2.21. The van der Waals surface area contributed by atoms with Crippen molar-refractivity contribution in [2.45, 2.75) is 19.0 Å². The average molecular weight is 288 g/mol. The molecule has 0 spiro atoms. The minimum absolute atomic E-state index is 0.269. The molecule has 1 aromatic heterocycles. The van der Waals surface area contributed by atoms with Crippen LogP contribution in [0.4, 0.5) is 0 Å². The molecule has 5 nitrogen and oxygen atoms in total. The molecule has 0 aliphatic carbocycles. The van der Waals surface area contributed by atoms with Crippen molar-refractivity contribution in [3.8, 4) is 0 Å². The fourth-order valence-electron chi connectivity index (χ4n) is 2.42. The molecule has 1 unspecified atom stereocenters. The first-order valence-electron chi connectivity index (χ1n) is 6.16. The highest BCUT2D eigenvalue weighted by Gasteiger charge is 2.35. The van der Waals surface area contributed by atoms with Gasteiger partial charge in [0.25, 0.3) is 5.91 Å². The SMILES string of the molecule is O=C(O)C1Cc2ccccc2CN1C(=O)c1cncs1. The number of carboxylic acid groups (broad SMARTS) is 1. The van der Waals surface area contributed by atoms with Crippen LogP contribution in [0.2, 0.25) is 0 Å². The lowest BCUT2D eigenvalue weighted by Gasteiger charge is -2.34. The summed E-state index contributed by atoms with van der Waals surface area (Å²) in [6.07, 6.45) is 1.82.